The number of guanidine groups is 1. The zero-order valence-corrected chi connectivity index (χ0v) is 19.9. The summed E-state index contributed by atoms with van der Waals surface area (Å²) in [6, 6.07) is 11.4. The lowest BCUT2D eigenvalue weighted by atomic mass is 10.1. The van der Waals surface area contributed by atoms with E-state index >= 15 is 0 Å². The Hall–Kier alpha value is -1.35. The Bertz CT molecular complexity index is 627. The Morgan fingerprint density at radius 2 is 1.79 bits per heavy atom. The van der Waals surface area contributed by atoms with Crippen LogP contribution in [0.2, 0.25) is 0 Å². The zero-order valence-electron chi connectivity index (χ0n) is 17.5. The second-order valence-corrected chi connectivity index (χ2v) is 7.85. The Kier molecular flexibility index (Phi) is 10.8. The maximum atomic E-state index is 12.1. The van der Waals surface area contributed by atoms with Gasteiger partial charge in [-0.25, -0.2) is 0 Å². The van der Waals surface area contributed by atoms with Crippen molar-refractivity contribution in [3.8, 4) is 0 Å². The third-order valence-corrected chi connectivity index (χ3v) is 5.82. The number of carbonyl (C=O) groups excluding carboxylic acids is 1. The van der Waals surface area contributed by atoms with Crippen molar-refractivity contribution in [1.29, 1.82) is 0 Å². The lowest BCUT2D eigenvalue weighted by Crippen LogP contribution is -2.44. The topological polar surface area (TPSA) is 68.8 Å². The van der Waals surface area contributed by atoms with Crippen molar-refractivity contribution in [1.82, 2.24) is 20.9 Å². The second-order valence-electron chi connectivity index (χ2n) is 7.85. The van der Waals surface area contributed by atoms with Crippen molar-refractivity contribution in [3.63, 3.8) is 0 Å². The minimum atomic E-state index is 0. The first-order valence-electron chi connectivity index (χ1n) is 10.8. The fourth-order valence-electron chi connectivity index (χ4n) is 4.26. The number of aliphatic imine (C=N–C) groups is 1. The van der Waals surface area contributed by atoms with E-state index in [-0.39, 0.29) is 29.9 Å². The van der Waals surface area contributed by atoms with Gasteiger partial charge in [0.05, 0.1) is 6.04 Å². The van der Waals surface area contributed by atoms with Crippen LogP contribution in [-0.2, 0) is 4.79 Å². The van der Waals surface area contributed by atoms with Crippen LogP contribution in [0.25, 0.3) is 0 Å². The average Bonchev–Trinajstić information content (AvgIpc) is 3.42. The van der Waals surface area contributed by atoms with Crippen molar-refractivity contribution in [2.45, 2.75) is 57.0 Å². The lowest BCUT2D eigenvalue weighted by Gasteiger charge is -2.29. The molecule has 1 saturated carbocycles. The highest BCUT2D eigenvalue weighted by Crippen LogP contribution is 2.24. The van der Waals surface area contributed by atoms with Gasteiger partial charge in [-0.05, 0) is 44.3 Å². The molecule has 7 heteroatoms. The summed E-state index contributed by atoms with van der Waals surface area (Å²) in [4.78, 5) is 18.9. The number of benzene rings is 1. The summed E-state index contributed by atoms with van der Waals surface area (Å²) in [5, 5.41) is 9.87. The van der Waals surface area contributed by atoms with Gasteiger partial charge in [0, 0.05) is 32.6 Å². The number of hydrogen-bond donors (Lipinski definition) is 3. The summed E-state index contributed by atoms with van der Waals surface area (Å²) in [7, 11) is 1.78. The number of nitrogens with one attached hydrogen (secondary N) is 3. The molecule has 0 aromatic heterocycles. The minimum absolute atomic E-state index is 0. The van der Waals surface area contributed by atoms with E-state index in [4.69, 9.17) is 0 Å². The molecule has 1 aliphatic carbocycles. The molecule has 3 rings (SSSR count). The Morgan fingerprint density at radius 1 is 1.10 bits per heavy atom. The molecule has 0 bridgehead atoms. The molecular weight excluding hydrogens is 477 g/mol. The Morgan fingerprint density at radius 3 is 2.45 bits per heavy atom. The number of halogens is 1. The van der Waals surface area contributed by atoms with Crippen LogP contribution in [0.5, 0.6) is 0 Å². The van der Waals surface area contributed by atoms with Crippen LogP contribution in [0.15, 0.2) is 35.3 Å². The number of carbonyl (C=O) groups is 1. The number of hydrogen-bond acceptors (Lipinski definition) is 3. The van der Waals surface area contributed by atoms with Gasteiger partial charge < -0.3 is 16.0 Å². The fraction of sp³-hybridized carbons (Fsp3) is 0.636. The first-order chi connectivity index (χ1) is 13.8. The smallest absolute Gasteiger partial charge is 0.221 e. The molecule has 1 amide bonds. The molecule has 3 N–H and O–H groups in total. The quantitative estimate of drug-likeness (QED) is 0.284. The van der Waals surface area contributed by atoms with Gasteiger partial charge in [0.15, 0.2) is 5.96 Å². The molecule has 6 nitrogen and oxygen atoms in total. The van der Waals surface area contributed by atoms with Gasteiger partial charge in [0.1, 0.15) is 0 Å². The highest BCUT2D eigenvalue weighted by atomic mass is 127. The van der Waals surface area contributed by atoms with E-state index in [9.17, 15) is 4.79 Å². The molecule has 2 aliphatic rings. The van der Waals surface area contributed by atoms with Gasteiger partial charge in [0.25, 0.3) is 0 Å². The van der Waals surface area contributed by atoms with Crippen LogP contribution in [0.3, 0.4) is 0 Å². The molecular formula is C22H36IN5O. The number of nitrogens with zero attached hydrogens (tertiary/aromatic N) is 2. The first kappa shape index (κ1) is 23.9. The van der Waals surface area contributed by atoms with E-state index in [1.165, 1.54) is 31.2 Å². The van der Waals surface area contributed by atoms with Gasteiger partial charge in [-0.2, -0.15) is 0 Å². The molecule has 1 heterocycles. The van der Waals surface area contributed by atoms with Crippen molar-refractivity contribution in [3.05, 3.63) is 35.9 Å². The predicted molar refractivity (Wildman–Crippen MR) is 130 cm³/mol. The van der Waals surface area contributed by atoms with Gasteiger partial charge in [-0.3, -0.25) is 14.7 Å². The van der Waals surface area contributed by atoms with E-state index < -0.39 is 0 Å². The third-order valence-electron chi connectivity index (χ3n) is 5.82. The van der Waals surface area contributed by atoms with Crippen molar-refractivity contribution in [2.75, 3.05) is 33.2 Å². The summed E-state index contributed by atoms with van der Waals surface area (Å²) in [5.74, 6) is 0.892. The van der Waals surface area contributed by atoms with Gasteiger partial charge in [-0.1, -0.05) is 43.2 Å². The Balaban J connectivity index is 0.00000300. The lowest BCUT2D eigenvalue weighted by molar-refractivity contribution is -0.121. The van der Waals surface area contributed by atoms with Crippen molar-refractivity contribution >= 4 is 35.8 Å². The normalized spacial score (nSPS) is 18.9. The van der Waals surface area contributed by atoms with Crippen LogP contribution in [0.1, 0.15) is 56.6 Å². The van der Waals surface area contributed by atoms with E-state index in [1.807, 2.05) is 0 Å². The van der Waals surface area contributed by atoms with E-state index in [0.29, 0.717) is 25.0 Å². The highest BCUT2D eigenvalue weighted by molar-refractivity contribution is 14.0. The van der Waals surface area contributed by atoms with Crippen LogP contribution >= 0.6 is 24.0 Å². The summed E-state index contributed by atoms with van der Waals surface area (Å²) < 4.78 is 0. The van der Waals surface area contributed by atoms with E-state index in [2.05, 4.69) is 56.2 Å². The number of rotatable bonds is 8. The minimum Gasteiger partial charge on any atom is -0.356 e. The number of amides is 1. The molecule has 1 unspecified atom stereocenters. The molecule has 0 spiro atoms. The largest absolute Gasteiger partial charge is 0.356 e. The van der Waals surface area contributed by atoms with E-state index in [0.717, 1.165) is 38.4 Å². The molecule has 29 heavy (non-hydrogen) atoms. The van der Waals surface area contributed by atoms with E-state index in [1.54, 1.807) is 7.05 Å². The van der Waals surface area contributed by atoms with Crippen molar-refractivity contribution < 1.29 is 4.79 Å². The van der Waals surface area contributed by atoms with Gasteiger partial charge in [0.2, 0.25) is 5.91 Å². The molecule has 1 aromatic carbocycles. The van der Waals surface area contributed by atoms with Gasteiger partial charge in [-0.15, -0.1) is 24.0 Å². The molecule has 162 valence electrons. The summed E-state index contributed by atoms with van der Waals surface area (Å²) >= 11 is 0. The fourth-order valence-corrected chi connectivity index (χ4v) is 4.26. The maximum Gasteiger partial charge on any atom is 0.221 e. The summed E-state index contributed by atoms with van der Waals surface area (Å²) in [6.07, 6.45) is 7.74. The molecule has 1 aliphatic heterocycles. The van der Waals surface area contributed by atoms with Crippen LogP contribution < -0.4 is 16.0 Å². The number of likely N-dealkylation sites (tertiary alicyclic amines) is 1. The standard InChI is InChI=1S/C22H35N5O.HI/c1-23-22(24-14-13-21(28)26-19-11-5-6-12-19)25-17-20(27-15-7-8-16-27)18-9-3-2-4-10-18;/h2-4,9-10,19-20H,5-8,11-17H2,1H3,(H,26,28)(H2,23,24,25);1H. The highest BCUT2D eigenvalue weighted by Gasteiger charge is 2.23. The third kappa shape index (κ3) is 7.77. The molecule has 0 radical (unpaired) electrons. The maximum absolute atomic E-state index is 12.1. The molecule has 2 fully saturated rings. The first-order valence-corrected chi connectivity index (χ1v) is 10.8. The molecule has 1 saturated heterocycles. The van der Waals surface area contributed by atoms with Crippen LogP contribution in [-0.4, -0.2) is 56.0 Å². The van der Waals surface area contributed by atoms with Crippen LogP contribution in [0.4, 0.5) is 0 Å². The zero-order chi connectivity index (χ0) is 19.6. The van der Waals surface area contributed by atoms with Crippen LogP contribution in [0, 0.1) is 0 Å². The summed E-state index contributed by atoms with van der Waals surface area (Å²) in [6.45, 7) is 3.69. The Labute approximate surface area is 192 Å². The van der Waals surface area contributed by atoms with Crippen molar-refractivity contribution in [2.24, 2.45) is 4.99 Å². The predicted octanol–water partition coefficient (Wildman–Crippen LogP) is 3.06. The summed E-state index contributed by atoms with van der Waals surface area (Å²) in [5.41, 5.74) is 1.34. The van der Waals surface area contributed by atoms with Gasteiger partial charge >= 0.3 is 0 Å². The SMILES string of the molecule is CN=C(NCCC(=O)NC1CCCC1)NCC(c1ccccc1)N1CCCC1.I. The average molecular weight is 513 g/mol. The molecule has 1 aromatic rings. The molecule has 1 atom stereocenters. The monoisotopic (exact) mass is 513 g/mol. The second kappa shape index (κ2) is 13.1.